The maximum absolute atomic E-state index is 6.18. The van der Waals surface area contributed by atoms with Crippen LogP contribution in [0.25, 0.3) is 0 Å². The fourth-order valence-electron chi connectivity index (χ4n) is 1.63. The summed E-state index contributed by atoms with van der Waals surface area (Å²) >= 11 is 9.57. The minimum Gasteiger partial charge on any atom is -0.492 e. The molecule has 1 rings (SSSR count). The standard InChI is InChI=1S/C14H21BrClNO/c1-11(2)9-13(16)10-17-7-8-18-14-5-3-12(15)4-6-14/h3-6,11,13,17H,7-10H2,1-2H3. The van der Waals surface area contributed by atoms with Crippen LogP contribution < -0.4 is 10.1 Å². The van der Waals surface area contributed by atoms with Gasteiger partial charge in [0.05, 0.1) is 0 Å². The van der Waals surface area contributed by atoms with E-state index >= 15 is 0 Å². The van der Waals surface area contributed by atoms with Gasteiger partial charge in [-0.3, -0.25) is 0 Å². The molecule has 0 aliphatic rings. The van der Waals surface area contributed by atoms with Gasteiger partial charge in [0.15, 0.2) is 0 Å². The monoisotopic (exact) mass is 333 g/mol. The fraction of sp³-hybridized carbons (Fsp3) is 0.571. The Balaban J connectivity index is 2.06. The summed E-state index contributed by atoms with van der Waals surface area (Å²) in [6.45, 7) is 6.69. The topological polar surface area (TPSA) is 21.3 Å². The lowest BCUT2D eigenvalue weighted by Crippen LogP contribution is -2.28. The van der Waals surface area contributed by atoms with E-state index in [1.165, 1.54) is 0 Å². The van der Waals surface area contributed by atoms with Gasteiger partial charge in [0.25, 0.3) is 0 Å². The lowest BCUT2D eigenvalue weighted by atomic mass is 10.1. The van der Waals surface area contributed by atoms with Crippen molar-refractivity contribution in [2.75, 3.05) is 19.7 Å². The Morgan fingerprint density at radius 3 is 2.56 bits per heavy atom. The van der Waals surface area contributed by atoms with Gasteiger partial charge < -0.3 is 10.1 Å². The molecule has 0 aromatic heterocycles. The van der Waals surface area contributed by atoms with E-state index in [0.29, 0.717) is 12.5 Å². The van der Waals surface area contributed by atoms with E-state index in [1.54, 1.807) is 0 Å². The second-order valence-electron chi connectivity index (χ2n) is 4.73. The average Bonchev–Trinajstić information content (AvgIpc) is 2.30. The molecule has 1 aromatic carbocycles. The number of rotatable bonds is 8. The first-order valence-electron chi connectivity index (χ1n) is 6.31. The summed E-state index contributed by atoms with van der Waals surface area (Å²) in [5.74, 6) is 1.54. The first-order valence-corrected chi connectivity index (χ1v) is 7.54. The molecule has 0 heterocycles. The molecule has 0 amide bonds. The van der Waals surface area contributed by atoms with Crippen LogP contribution in [0.15, 0.2) is 28.7 Å². The van der Waals surface area contributed by atoms with Crippen LogP contribution in [0, 0.1) is 5.92 Å². The van der Waals surface area contributed by atoms with Crippen molar-refractivity contribution >= 4 is 27.5 Å². The Bertz CT molecular complexity index is 329. The molecule has 1 aromatic rings. The minimum atomic E-state index is 0.206. The van der Waals surface area contributed by atoms with Crippen molar-refractivity contribution in [3.63, 3.8) is 0 Å². The summed E-state index contributed by atoms with van der Waals surface area (Å²) in [5, 5.41) is 3.51. The third-order valence-electron chi connectivity index (χ3n) is 2.45. The number of ether oxygens (including phenoxy) is 1. The number of hydrogen-bond acceptors (Lipinski definition) is 2. The van der Waals surface area contributed by atoms with Gasteiger partial charge in [-0.15, -0.1) is 11.6 Å². The molecule has 0 radical (unpaired) electrons. The molecule has 102 valence electrons. The van der Waals surface area contributed by atoms with E-state index in [4.69, 9.17) is 16.3 Å². The minimum absolute atomic E-state index is 0.206. The van der Waals surface area contributed by atoms with Crippen LogP contribution in [-0.2, 0) is 0 Å². The molecular formula is C14H21BrClNO. The van der Waals surface area contributed by atoms with Crippen molar-refractivity contribution in [2.45, 2.75) is 25.6 Å². The van der Waals surface area contributed by atoms with Crippen molar-refractivity contribution in [3.05, 3.63) is 28.7 Å². The number of nitrogens with one attached hydrogen (secondary N) is 1. The van der Waals surface area contributed by atoms with E-state index in [0.717, 1.165) is 29.7 Å². The van der Waals surface area contributed by atoms with Gasteiger partial charge in [-0.05, 0) is 36.6 Å². The maximum Gasteiger partial charge on any atom is 0.119 e. The molecule has 0 saturated carbocycles. The van der Waals surface area contributed by atoms with Crippen LogP contribution in [0.2, 0.25) is 0 Å². The van der Waals surface area contributed by atoms with E-state index < -0.39 is 0 Å². The molecule has 1 unspecified atom stereocenters. The number of benzene rings is 1. The molecule has 0 bridgehead atoms. The van der Waals surface area contributed by atoms with Crippen LogP contribution in [-0.4, -0.2) is 25.1 Å². The second kappa shape index (κ2) is 8.78. The first-order chi connectivity index (χ1) is 8.58. The molecule has 4 heteroatoms. The maximum atomic E-state index is 6.18. The molecule has 0 aliphatic carbocycles. The number of halogens is 2. The lowest BCUT2D eigenvalue weighted by molar-refractivity contribution is 0.313. The summed E-state index contributed by atoms with van der Waals surface area (Å²) in [5.41, 5.74) is 0. The molecule has 0 aliphatic heterocycles. The number of hydrogen-bond donors (Lipinski definition) is 1. The quantitative estimate of drug-likeness (QED) is 0.571. The summed E-state index contributed by atoms with van der Waals surface area (Å²) < 4.78 is 6.66. The van der Waals surface area contributed by atoms with Gasteiger partial charge >= 0.3 is 0 Å². The first kappa shape index (κ1) is 15.8. The Labute approximate surface area is 123 Å². The Kier molecular flexibility index (Phi) is 7.71. The second-order valence-corrected chi connectivity index (χ2v) is 6.27. The molecule has 0 fully saturated rings. The summed E-state index contributed by atoms with van der Waals surface area (Å²) in [4.78, 5) is 0. The zero-order valence-electron chi connectivity index (χ0n) is 11.0. The third kappa shape index (κ3) is 7.24. The Morgan fingerprint density at radius 2 is 1.94 bits per heavy atom. The summed E-state index contributed by atoms with van der Waals surface area (Å²) in [6, 6.07) is 7.85. The normalized spacial score (nSPS) is 12.7. The Morgan fingerprint density at radius 1 is 1.28 bits per heavy atom. The molecule has 2 nitrogen and oxygen atoms in total. The lowest BCUT2D eigenvalue weighted by Gasteiger charge is -2.13. The molecule has 1 N–H and O–H groups in total. The van der Waals surface area contributed by atoms with Crippen LogP contribution >= 0.6 is 27.5 Å². The predicted octanol–water partition coefficient (Wildman–Crippen LogP) is 4.07. The highest BCUT2D eigenvalue weighted by Crippen LogP contribution is 2.15. The highest BCUT2D eigenvalue weighted by molar-refractivity contribution is 9.10. The van der Waals surface area contributed by atoms with Crippen LogP contribution in [0.1, 0.15) is 20.3 Å². The fourth-order valence-corrected chi connectivity index (χ4v) is 2.36. The molecule has 0 saturated heterocycles. The van der Waals surface area contributed by atoms with Gasteiger partial charge in [0, 0.05) is 22.9 Å². The van der Waals surface area contributed by atoms with Gasteiger partial charge in [-0.25, -0.2) is 0 Å². The van der Waals surface area contributed by atoms with Gasteiger partial charge in [-0.2, -0.15) is 0 Å². The highest BCUT2D eigenvalue weighted by Gasteiger charge is 2.06. The smallest absolute Gasteiger partial charge is 0.119 e. The summed E-state index contributed by atoms with van der Waals surface area (Å²) in [6.07, 6.45) is 1.04. The SMILES string of the molecule is CC(C)CC(Cl)CNCCOc1ccc(Br)cc1. The molecular weight excluding hydrogens is 314 g/mol. The highest BCUT2D eigenvalue weighted by atomic mass is 79.9. The predicted molar refractivity (Wildman–Crippen MR) is 81.6 cm³/mol. The van der Waals surface area contributed by atoms with Crippen molar-refractivity contribution in [3.8, 4) is 5.75 Å². The van der Waals surface area contributed by atoms with Gasteiger partial charge in [0.2, 0.25) is 0 Å². The van der Waals surface area contributed by atoms with Crippen molar-refractivity contribution < 1.29 is 4.74 Å². The third-order valence-corrected chi connectivity index (χ3v) is 3.32. The average molecular weight is 335 g/mol. The van der Waals surface area contributed by atoms with Gasteiger partial charge in [0.1, 0.15) is 12.4 Å². The van der Waals surface area contributed by atoms with Crippen molar-refractivity contribution in [1.29, 1.82) is 0 Å². The Hall–Kier alpha value is -0.250. The largest absolute Gasteiger partial charge is 0.492 e. The van der Waals surface area contributed by atoms with Crippen LogP contribution in [0.3, 0.4) is 0 Å². The summed E-state index contributed by atoms with van der Waals surface area (Å²) in [7, 11) is 0. The van der Waals surface area contributed by atoms with E-state index in [9.17, 15) is 0 Å². The van der Waals surface area contributed by atoms with Crippen molar-refractivity contribution in [2.24, 2.45) is 5.92 Å². The molecule has 18 heavy (non-hydrogen) atoms. The zero-order chi connectivity index (χ0) is 13.4. The van der Waals surface area contributed by atoms with E-state index in [-0.39, 0.29) is 5.38 Å². The van der Waals surface area contributed by atoms with Crippen LogP contribution in [0.4, 0.5) is 0 Å². The number of alkyl halides is 1. The molecule has 0 spiro atoms. The van der Waals surface area contributed by atoms with Gasteiger partial charge in [-0.1, -0.05) is 29.8 Å². The van der Waals surface area contributed by atoms with Crippen molar-refractivity contribution in [1.82, 2.24) is 5.32 Å². The van der Waals surface area contributed by atoms with Crippen LogP contribution in [0.5, 0.6) is 5.75 Å². The molecule has 1 atom stereocenters. The van der Waals surface area contributed by atoms with E-state index in [1.807, 2.05) is 24.3 Å². The van der Waals surface area contributed by atoms with E-state index in [2.05, 4.69) is 35.1 Å². The zero-order valence-corrected chi connectivity index (χ0v) is 13.3.